The summed E-state index contributed by atoms with van der Waals surface area (Å²) in [6, 6.07) is 5.42. The van der Waals surface area contributed by atoms with Gasteiger partial charge in [-0.25, -0.2) is 0 Å². The van der Waals surface area contributed by atoms with Crippen molar-refractivity contribution >= 4 is 44.6 Å². The number of nitrogens with one attached hydrogen (secondary N) is 1. The summed E-state index contributed by atoms with van der Waals surface area (Å²) >= 11 is 7.31. The van der Waals surface area contributed by atoms with Crippen LogP contribution in [0, 0.1) is 0 Å². The van der Waals surface area contributed by atoms with Crippen molar-refractivity contribution in [2.45, 2.75) is 25.8 Å². The molecule has 1 aromatic heterocycles. The SMILES string of the molecule is CC(CCCO)NC(=O)c1sc2ccc(Cl)cc2c1N. The highest BCUT2D eigenvalue weighted by Gasteiger charge is 2.18. The molecule has 4 N–H and O–H groups in total. The van der Waals surface area contributed by atoms with Crippen LogP contribution in [0.1, 0.15) is 29.4 Å². The zero-order valence-corrected chi connectivity index (χ0v) is 12.7. The molecule has 1 heterocycles. The molecule has 1 aromatic carbocycles. The zero-order chi connectivity index (χ0) is 14.7. The van der Waals surface area contributed by atoms with Gasteiger partial charge in [0.05, 0.1) is 5.69 Å². The van der Waals surface area contributed by atoms with Gasteiger partial charge in [0.2, 0.25) is 0 Å². The van der Waals surface area contributed by atoms with Gasteiger partial charge >= 0.3 is 0 Å². The highest BCUT2D eigenvalue weighted by Crippen LogP contribution is 2.35. The first-order valence-electron chi connectivity index (χ1n) is 6.42. The molecule has 2 aromatic rings. The second kappa shape index (κ2) is 6.43. The van der Waals surface area contributed by atoms with Crippen molar-refractivity contribution in [2.75, 3.05) is 12.3 Å². The second-order valence-electron chi connectivity index (χ2n) is 4.73. The number of hydrogen-bond acceptors (Lipinski definition) is 4. The third kappa shape index (κ3) is 3.23. The smallest absolute Gasteiger partial charge is 0.263 e. The molecule has 1 unspecified atom stereocenters. The Hall–Kier alpha value is -1.30. The maximum atomic E-state index is 12.2. The molecule has 0 saturated carbocycles. The van der Waals surface area contributed by atoms with E-state index in [4.69, 9.17) is 22.4 Å². The number of hydrogen-bond donors (Lipinski definition) is 3. The van der Waals surface area contributed by atoms with Crippen LogP contribution < -0.4 is 11.1 Å². The predicted molar refractivity (Wildman–Crippen MR) is 84.5 cm³/mol. The van der Waals surface area contributed by atoms with Crippen molar-refractivity contribution in [1.82, 2.24) is 5.32 Å². The highest BCUT2D eigenvalue weighted by atomic mass is 35.5. The third-order valence-corrected chi connectivity index (χ3v) is 4.49. The number of thiophene rings is 1. The molecule has 0 bridgehead atoms. The Labute approximate surface area is 126 Å². The molecule has 1 atom stereocenters. The fraction of sp³-hybridized carbons (Fsp3) is 0.357. The van der Waals surface area contributed by atoms with Crippen LogP contribution in [0.4, 0.5) is 5.69 Å². The standard InChI is InChI=1S/C14H17ClN2O2S/c1-8(3-2-6-18)17-14(19)13-12(16)10-7-9(15)4-5-11(10)20-13/h4-5,7-8,18H,2-3,6,16H2,1H3,(H,17,19). The van der Waals surface area contributed by atoms with Crippen molar-refractivity contribution in [1.29, 1.82) is 0 Å². The minimum Gasteiger partial charge on any atom is -0.397 e. The molecule has 2 rings (SSSR count). The molecule has 4 nitrogen and oxygen atoms in total. The number of anilines is 1. The number of amides is 1. The molecular formula is C14H17ClN2O2S. The van der Waals surface area contributed by atoms with Gasteiger partial charge in [0.25, 0.3) is 5.91 Å². The van der Waals surface area contributed by atoms with Gasteiger partial charge in [0.1, 0.15) is 4.88 Å². The first-order chi connectivity index (χ1) is 9.52. The van der Waals surface area contributed by atoms with Crippen LogP contribution in [0.25, 0.3) is 10.1 Å². The summed E-state index contributed by atoms with van der Waals surface area (Å²) in [5.74, 6) is -0.176. The summed E-state index contributed by atoms with van der Waals surface area (Å²) in [5, 5.41) is 13.1. The summed E-state index contributed by atoms with van der Waals surface area (Å²) in [6.07, 6.45) is 1.40. The molecule has 108 valence electrons. The first kappa shape index (κ1) is 15.1. The van der Waals surface area contributed by atoms with Gasteiger partial charge in [0.15, 0.2) is 0 Å². The van der Waals surface area contributed by atoms with Crippen molar-refractivity contribution in [3.05, 3.63) is 28.1 Å². The van der Waals surface area contributed by atoms with E-state index in [2.05, 4.69) is 5.32 Å². The zero-order valence-electron chi connectivity index (χ0n) is 11.1. The van der Waals surface area contributed by atoms with Crippen LogP contribution in [0.2, 0.25) is 5.02 Å². The number of nitrogen functional groups attached to an aromatic ring is 1. The molecule has 0 fully saturated rings. The average Bonchev–Trinajstić information content (AvgIpc) is 2.74. The van der Waals surface area contributed by atoms with Crippen LogP contribution in [-0.2, 0) is 0 Å². The van der Waals surface area contributed by atoms with E-state index in [0.29, 0.717) is 22.0 Å². The fourth-order valence-electron chi connectivity index (χ4n) is 2.02. The van der Waals surface area contributed by atoms with E-state index in [0.717, 1.165) is 16.5 Å². The van der Waals surface area contributed by atoms with E-state index in [-0.39, 0.29) is 18.6 Å². The molecule has 0 aliphatic heterocycles. The van der Waals surface area contributed by atoms with E-state index < -0.39 is 0 Å². The fourth-order valence-corrected chi connectivity index (χ4v) is 3.20. The Kier molecular flexibility index (Phi) is 4.86. The molecule has 1 amide bonds. The van der Waals surface area contributed by atoms with Gasteiger partial charge in [0, 0.05) is 27.8 Å². The van der Waals surface area contributed by atoms with E-state index >= 15 is 0 Å². The van der Waals surface area contributed by atoms with E-state index in [1.165, 1.54) is 11.3 Å². The van der Waals surface area contributed by atoms with Crippen LogP contribution in [0.5, 0.6) is 0 Å². The van der Waals surface area contributed by atoms with Crippen LogP contribution in [-0.4, -0.2) is 23.7 Å². The van der Waals surface area contributed by atoms with Crippen molar-refractivity contribution in [3.63, 3.8) is 0 Å². The largest absolute Gasteiger partial charge is 0.397 e. The minimum atomic E-state index is -0.176. The molecule has 20 heavy (non-hydrogen) atoms. The second-order valence-corrected chi connectivity index (χ2v) is 6.21. The lowest BCUT2D eigenvalue weighted by Crippen LogP contribution is -2.32. The highest BCUT2D eigenvalue weighted by molar-refractivity contribution is 7.21. The lowest BCUT2D eigenvalue weighted by molar-refractivity contribution is 0.0941. The Morgan fingerprint density at radius 2 is 2.30 bits per heavy atom. The first-order valence-corrected chi connectivity index (χ1v) is 7.61. The average molecular weight is 313 g/mol. The molecule has 6 heteroatoms. The lowest BCUT2D eigenvalue weighted by atomic mass is 10.2. The summed E-state index contributed by atoms with van der Waals surface area (Å²) < 4.78 is 0.945. The van der Waals surface area contributed by atoms with Gasteiger partial charge in [-0.3, -0.25) is 4.79 Å². The summed E-state index contributed by atoms with van der Waals surface area (Å²) in [4.78, 5) is 12.7. The third-order valence-electron chi connectivity index (χ3n) is 3.07. The van der Waals surface area contributed by atoms with E-state index in [9.17, 15) is 4.79 Å². The monoisotopic (exact) mass is 312 g/mol. The number of nitrogens with two attached hydrogens (primary N) is 1. The normalized spacial score (nSPS) is 12.6. The van der Waals surface area contributed by atoms with Gasteiger partial charge in [-0.05, 0) is 38.0 Å². The molecule has 0 radical (unpaired) electrons. The summed E-state index contributed by atoms with van der Waals surface area (Å²) in [7, 11) is 0. The van der Waals surface area contributed by atoms with E-state index in [1.54, 1.807) is 12.1 Å². The maximum absolute atomic E-state index is 12.2. The molecule has 0 spiro atoms. The number of rotatable bonds is 5. The van der Waals surface area contributed by atoms with Crippen LogP contribution in [0.3, 0.4) is 0 Å². The number of aliphatic hydroxyl groups excluding tert-OH is 1. The van der Waals surface area contributed by atoms with Crippen LogP contribution in [0.15, 0.2) is 18.2 Å². The van der Waals surface area contributed by atoms with Gasteiger partial charge in [-0.2, -0.15) is 0 Å². The van der Waals surface area contributed by atoms with Gasteiger partial charge in [-0.15, -0.1) is 11.3 Å². The number of halogens is 1. The minimum absolute atomic E-state index is 0.00264. The topological polar surface area (TPSA) is 75.3 Å². The van der Waals surface area contributed by atoms with Crippen molar-refractivity contribution < 1.29 is 9.90 Å². The predicted octanol–water partition coefficient (Wildman–Crippen LogP) is 3.03. The lowest BCUT2D eigenvalue weighted by Gasteiger charge is -2.12. The molecule has 0 aliphatic rings. The quantitative estimate of drug-likeness (QED) is 0.794. The van der Waals surface area contributed by atoms with Crippen LogP contribution >= 0.6 is 22.9 Å². The number of carbonyl (C=O) groups is 1. The molecule has 0 aliphatic carbocycles. The van der Waals surface area contributed by atoms with Gasteiger partial charge in [-0.1, -0.05) is 11.6 Å². The molecular weight excluding hydrogens is 296 g/mol. The summed E-state index contributed by atoms with van der Waals surface area (Å²) in [6.45, 7) is 2.04. The Morgan fingerprint density at radius 3 is 3.00 bits per heavy atom. The Bertz CT molecular complexity index is 627. The number of fused-ring (bicyclic) bond motifs is 1. The summed E-state index contributed by atoms with van der Waals surface area (Å²) in [5.41, 5.74) is 6.51. The Morgan fingerprint density at radius 1 is 1.55 bits per heavy atom. The molecule has 0 saturated heterocycles. The maximum Gasteiger partial charge on any atom is 0.263 e. The van der Waals surface area contributed by atoms with Crippen molar-refractivity contribution in [3.8, 4) is 0 Å². The van der Waals surface area contributed by atoms with Crippen molar-refractivity contribution in [2.24, 2.45) is 0 Å². The Balaban J connectivity index is 2.20. The number of benzene rings is 1. The number of aliphatic hydroxyl groups is 1. The number of carbonyl (C=O) groups excluding carboxylic acids is 1. The van der Waals surface area contributed by atoms with Gasteiger partial charge < -0.3 is 16.2 Å². The van der Waals surface area contributed by atoms with E-state index in [1.807, 2.05) is 13.0 Å².